The number of nitriles is 1. The van der Waals surface area contributed by atoms with E-state index >= 15 is 0 Å². The van der Waals surface area contributed by atoms with Crippen LogP contribution < -0.4 is 11.1 Å². The molecule has 1 aromatic rings. The molecule has 4 nitrogen and oxygen atoms in total. The molecule has 0 radical (unpaired) electrons. The van der Waals surface area contributed by atoms with Crippen molar-refractivity contribution < 1.29 is 0 Å². The van der Waals surface area contributed by atoms with Crippen molar-refractivity contribution in [2.45, 2.75) is 0 Å². The smallest absolute Gasteiger partial charge is 0.146 e. The van der Waals surface area contributed by atoms with Crippen LogP contribution in [-0.2, 0) is 0 Å². The average molecular weight is 148 g/mol. The molecule has 0 spiro atoms. The zero-order valence-electron chi connectivity index (χ0n) is 6.13. The molecular weight excluding hydrogens is 140 g/mol. The van der Waals surface area contributed by atoms with Gasteiger partial charge in [-0.25, -0.2) is 4.98 Å². The van der Waals surface area contributed by atoms with Gasteiger partial charge in [-0.1, -0.05) is 0 Å². The van der Waals surface area contributed by atoms with Crippen molar-refractivity contribution in [3.8, 4) is 6.07 Å². The van der Waals surface area contributed by atoms with Crippen molar-refractivity contribution in [3.05, 3.63) is 17.8 Å². The third-order valence-corrected chi connectivity index (χ3v) is 1.32. The summed E-state index contributed by atoms with van der Waals surface area (Å²) in [6.07, 6.45) is 1.44. The van der Waals surface area contributed by atoms with Crippen LogP contribution in [-0.4, -0.2) is 12.0 Å². The van der Waals surface area contributed by atoms with Crippen molar-refractivity contribution in [2.24, 2.45) is 0 Å². The largest absolute Gasteiger partial charge is 0.385 e. The van der Waals surface area contributed by atoms with Crippen LogP contribution >= 0.6 is 0 Å². The normalized spacial score (nSPS) is 8.73. The first kappa shape index (κ1) is 7.35. The van der Waals surface area contributed by atoms with Crippen LogP contribution in [0.1, 0.15) is 5.56 Å². The lowest BCUT2D eigenvalue weighted by atomic mass is 10.3. The SMILES string of the molecule is CNc1cc(C#N)cnc1N. The third-order valence-electron chi connectivity index (χ3n) is 1.32. The molecule has 0 bridgehead atoms. The molecule has 0 amide bonds. The fraction of sp³-hybridized carbons (Fsp3) is 0.143. The van der Waals surface area contributed by atoms with Crippen molar-refractivity contribution in [2.75, 3.05) is 18.1 Å². The molecule has 1 heterocycles. The number of nitrogens with one attached hydrogen (secondary N) is 1. The second-order valence-corrected chi connectivity index (χ2v) is 2.02. The Balaban J connectivity index is 3.15. The molecular formula is C7H8N4. The van der Waals surface area contributed by atoms with Gasteiger partial charge in [0, 0.05) is 13.2 Å². The molecule has 0 unspecified atom stereocenters. The van der Waals surface area contributed by atoms with E-state index in [2.05, 4.69) is 10.3 Å². The minimum Gasteiger partial charge on any atom is -0.385 e. The molecule has 0 aliphatic heterocycles. The van der Waals surface area contributed by atoms with E-state index in [1.54, 1.807) is 13.1 Å². The molecule has 0 aromatic carbocycles. The Morgan fingerprint density at radius 3 is 3.00 bits per heavy atom. The van der Waals surface area contributed by atoms with E-state index in [0.717, 1.165) is 0 Å². The fourth-order valence-electron chi connectivity index (χ4n) is 0.737. The standard InChI is InChI=1S/C7H8N4/c1-10-6-2-5(3-8)4-11-7(6)9/h2,4,10H,1H3,(H2,9,11). The van der Waals surface area contributed by atoms with Crippen molar-refractivity contribution in [1.29, 1.82) is 5.26 Å². The Morgan fingerprint density at radius 2 is 2.45 bits per heavy atom. The Hall–Kier alpha value is -1.76. The number of hydrogen-bond acceptors (Lipinski definition) is 4. The summed E-state index contributed by atoms with van der Waals surface area (Å²) in [4.78, 5) is 3.81. The maximum absolute atomic E-state index is 8.49. The monoisotopic (exact) mass is 148 g/mol. The molecule has 0 fully saturated rings. The summed E-state index contributed by atoms with van der Waals surface area (Å²) in [5, 5.41) is 11.3. The van der Waals surface area contributed by atoms with Gasteiger partial charge in [0.25, 0.3) is 0 Å². The Labute approximate surface area is 64.7 Å². The van der Waals surface area contributed by atoms with Crippen LogP contribution in [0.15, 0.2) is 12.3 Å². The molecule has 3 N–H and O–H groups in total. The van der Waals surface area contributed by atoms with Gasteiger partial charge in [-0.3, -0.25) is 0 Å². The highest BCUT2D eigenvalue weighted by Gasteiger charge is 1.98. The van der Waals surface area contributed by atoms with Crippen LogP contribution in [0, 0.1) is 11.3 Å². The van der Waals surface area contributed by atoms with E-state index in [4.69, 9.17) is 11.0 Å². The second kappa shape index (κ2) is 2.88. The molecule has 0 saturated carbocycles. The van der Waals surface area contributed by atoms with Crippen molar-refractivity contribution in [1.82, 2.24) is 4.98 Å². The number of aromatic nitrogens is 1. The second-order valence-electron chi connectivity index (χ2n) is 2.02. The first-order valence-corrected chi connectivity index (χ1v) is 3.11. The van der Waals surface area contributed by atoms with Crippen molar-refractivity contribution in [3.63, 3.8) is 0 Å². The Kier molecular flexibility index (Phi) is 1.93. The van der Waals surface area contributed by atoms with E-state index in [1.165, 1.54) is 6.20 Å². The number of nitrogens with zero attached hydrogens (tertiary/aromatic N) is 2. The summed E-state index contributed by atoms with van der Waals surface area (Å²) < 4.78 is 0. The summed E-state index contributed by atoms with van der Waals surface area (Å²) in [5.74, 6) is 0.409. The molecule has 4 heteroatoms. The molecule has 0 aliphatic carbocycles. The maximum Gasteiger partial charge on any atom is 0.146 e. The van der Waals surface area contributed by atoms with Crippen molar-refractivity contribution >= 4 is 11.5 Å². The zero-order valence-corrected chi connectivity index (χ0v) is 6.13. The van der Waals surface area contributed by atoms with Crippen LogP contribution in [0.2, 0.25) is 0 Å². The molecule has 0 saturated heterocycles. The van der Waals surface area contributed by atoms with Crippen LogP contribution in [0.25, 0.3) is 0 Å². The third kappa shape index (κ3) is 1.38. The molecule has 0 atom stereocenters. The highest BCUT2D eigenvalue weighted by molar-refractivity contribution is 5.63. The summed E-state index contributed by atoms with van der Waals surface area (Å²) in [6.45, 7) is 0. The van der Waals surface area contributed by atoms with Gasteiger partial charge in [0.05, 0.1) is 11.3 Å². The first-order chi connectivity index (χ1) is 5.27. The van der Waals surface area contributed by atoms with E-state index in [-0.39, 0.29) is 0 Å². The quantitative estimate of drug-likeness (QED) is 0.610. The van der Waals surface area contributed by atoms with Gasteiger partial charge in [-0.2, -0.15) is 5.26 Å². The van der Waals surface area contributed by atoms with Gasteiger partial charge in [0.2, 0.25) is 0 Å². The van der Waals surface area contributed by atoms with E-state index in [9.17, 15) is 0 Å². The van der Waals surface area contributed by atoms with Gasteiger partial charge < -0.3 is 11.1 Å². The predicted octanol–water partition coefficient (Wildman–Crippen LogP) is 0.577. The van der Waals surface area contributed by atoms with Gasteiger partial charge in [-0.05, 0) is 6.07 Å². The molecule has 1 aromatic heterocycles. The number of rotatable bonds is 1. The summed E-state index contributed by atoms with van der Waals surface area (Å²) in [5.41, 5.74) is 6.66. The molecule has 0 aliphatic rings. The lowest BCUT2D eigenvalue weighted by Gasteiger charge is -2.01. The fourth-order valence-corrected chi connectivity index (χ4v) is 0.737. The summed E-state index contributed by atoms with van der Waals surface area (Å²) in [6, 6.07) is 3.63. The van der Waals surface area contributed by atoms with Gasteiger partial charge >= 0.3 is 0 Å². The summed E-state index contributed by atoms with van der Waals surface area (Å²) in [7, 11) is 1.73. The van der Waals surface area contributed by atoms with Crippen LogP contribution in [0.5, 0.6) is 0 Å². The Bertz CT molecular complexity index is 300. The minimum absolute atomic E-state index is 0.409. The number of pyridine rings is 1. The highest BCUT2D eigenvalue weighted by atomic mass is 14.9. The number of nitrogens with two attached hydrogens (primary N) is 1. The van der Waals surface area contributed by atoms with Gasteiger partial charge in [0.1, 0.15) is 11.9 Å². The Morgan fingerprint density at radius 1 is 1.73 bits per heavy atom. The zero-order chi connectivity index (χ0) is 8.27. The van der Waals surface area contributed by atoms with Crippen LogP contribution in [0.4, 0.5) is 11.5 Å². The molecule has 11 heavy (non-hydrogen) atoms. The summed E-state index contributed by atoms with van der Waals surface area (Å²) >= 11 is 0. The van der Waals surface area contributed by atoms with Gasteiger partial charge in [-0.15, -0.1) is 0 Å². The molecule has 1 rings (SSSR count). The highest BCUT2D eigenvalue weighted by Crippen LogP contribution is 2.14. The van der Waals surface area contributed by atoms with E-state index in [1.807, 2.05) is 6.07 Å². The van der Waals surface area contributed by atoms with E-state index < -0.39 is 0 Å². The minimum atomic E-state index is 0.409. The average Bonchev–Trinajstić information content (AvgIpc) is 2.05. The number of anilines is 2. The van der Waals surface area contributed by atoms with Crippen LogP contribution in [0.3, 0.4) is 0 Å². The van der Waals surface area contributed by atoms with Gasteiger partial charge in [0.15, 0.2) is 0 Å². The lowest BCUT2D eigenvalue weighted by molar-refractivity contribution is 1.30. The molecule has 56 valence electrons. The number of hydrogen-bond donors (Lipinski definition) is 2. The predicted molar refractivity (Wildman–Crippen MR) is 42.9 cm³/mol. The van der Waals surface area contributed by atoms with E-state index in [0.29, 0.717) is 17.1 Å². The number of nitrogen functional groups attached to an aromatic ring is 1. The topological polar surface area (TPSA) is 74.7 Å². The maximum atomic E-state index is 8.49. The first-order valence-electron chi connectivity index (χ1n) is 3.11. The lowest BCUT2D eigenvalue weighted by Crippen LogP contribution is -1.98.